The molecule has 0 unspecified atom stereocenters. The van der Waals surface area contributed by atoms with E-state index < -0.39 is 0 Å². The Morgan fingerprint density at radius 2 is 2.00 bits per heavy atom. The molecule has 0 saturated heterocycles. The highest BCUT2D eigenvalue weighted by atomic mass is 16.5. The summed E-state index contributed by atoms with van der Waals surface area (Å²) in [5.41, 5.74) is 0. The first-order valence-corrected chi connectivity index (χ1v) is 3.70. The largest absolute Gasteiger partial charge is 0.505 e. The van der Waals surface area contributed by atoms with Crippen LogP contribution >= 0.6 is 0 Å². The van der Waals surface area contributed by atoms with Crippen LogP contribution in [0.4, 0.5) is 0 Å². The summed E-state index contributed by atoms with van der Waals surface area (Å²) in [6, 6.07) is 0. The van der Waals surface area contributed by atoms with Crippen LogP contribution in [0.25, 0.3) is 0 Å². The van der Waals surface area contributed by atoms with Gasteiger partial charge in [0.1, 0.15) is 0 Å². The molecule has 58 valence electrons. The molecule has 0 aromatic rings. The molecular formula is C9H16O. The van der Waals surface area contributed by atoms with Gasteiger partial charge in [0.15, 0.2) is 0 Å². The van der Waals surface area contributed by atoms with Gasteiger partial charge in [-0.25, -0.2) is 0 Å². The van der Waals surface area contributed by atoms with Crippen LogP contribution in [0, 0.1) is 0 Å². The summed E-state index contributed by atoms with van der Waals surface area (Å²) in [5.74, 6) is 0. The van der Waals surface area contributed by atoms with E-state index in [-0.39, 0.29) is 0 Å². The molecule has 0 aliphatic rings. The number of rotatable bonds is 6. The van der Waals surface area contributed by atoms with E-state index in [9.17, 15) is 0 Å². The topological polar surface area (TPSA) is 9.23 Å². The first kappa shape index (κ1) is 9.28. The van der Waals surface area contributed by atoms with E-state index in [1.807, 2.05) is 12.2 Å². The predicted octanol–water partition coefficient (Wildman–Crippen LogP) is 2.89. The highest BCUT2D eigenvalue weighted by molar-refractivity contribution is 4.74. The zero-order chi connectivity index (χ0) is 7.66. The summed E-state index contributed by atoms with van der Waals surface area (Å²) in [6.45, 7) is 3.65. The van der Waals surface area contributed by atoms with E-state index in [4.69, 9.17) is 4.74 Å². The van der Waals surface area contributed by atoms with E-state index in [1.165, 1.54) is 12.8 Å². The van der Waals surface area contributed by atoms with Crippen LogP contribution in [0.3, 0.4) is 0 Å². The minimum absolute atomic E-state index is 1.11. The van der Waals surface area contributed by atoms with Gasteiger partial charge in [-0.05, 0) is 31.8 Å². The van der Waals surface area contributed by atoms with Gasteiger partial charge in [0.05, 0.1) is 13.4 Å². The molecule has 0 saturated carbocycles. The molecule has 0 atom stereocenters. The quantitative estimate of drug-likeness (QED) is 0.313. The van der Waals surface area contributed by atoms with E-state index in [0.29, 0.717) is 0 Å². The standard InChI is InChI=1S/C9H16O/c1-3-4-5-6-7-8-9-10-2/h3,8-9H,1,4-7H2,2H3/b9-8-. The van der Waals surface area contributed by atoms with Crippen molar-refractivity contribution >= 4 is 0 Å². The molecule has 0 amide bonds. The Hall–Kier alpha value is -0.720. The highest BCUT2D eigenvalue weighted by Crippen LogP contribution is 2.00. The van der Waals surface area contributed by atoms with Crippen molar-refractivity contribution < 1.29 is 4.74 Å². The molecule has 0 fully saturated rings. The minimum atomic E-state index is 1.11. The smallest absolute Gasteiger partial charge is 0.0784 e. The summed E-state index contributed by atoms with van der Waals surface area (Å²) >= 11 is 0. The SMILES string of the molecule is C=CCCCC/C=C\OC. The van der Waals surface area contributed by atoms with Gasteiger partial charge in [-0.2, -0.15) is 0 Å². The van der Waals surface area contributed by atoms with E-state index in [1.54, 1.807) is 13.4 Å². The second-order valence-corrected chi connectivity index (χ2v) is 2.18. The Kier molecular flexibility index (Phi) is 7.68. The van der Waals surface area contributed by atoms with Gasteiger partial charge in [-0.1, -0.05) is 6.08 Å². The molecule has 1 heteroatoms. The molecule has 0 heterocycles. The second-order valence-electron chi connectivity index (χ2n) is 2.18. The number of hydrogen-bond donors (Lipinski definition) is 0. The average Bonchev–Trinajstić information content (AvgIpc) is 1.97. The first-order chi connectivity index (χ1) is 4.91. The molecule has 0 bridgehead atoms. The maximum Gasteiger partial charge on any atom is 0.0784 e. The van der Waals surface area contributed by atoms with Crippen LogP contribution in [-0.2, 0) is 4.74 Å². The lowest BCUT2D eigenvalue weighted by molar-refractivity contribution is 0.336. The summed E-state index contributed by atoms with van der Waals surface area (Å²) in [7, 11) is 1.67. The molecule has 0 aromatic heterocycles. The Morgan fingerprint density at radius 1 is 1.30 bits per heavy atom. The van der Waals surface area contributed by atoms with Crippen molar-refractivity contribution in [3.63, 3.8) is 0 Å². The van der Waals surface area contributed by atoms with Crippen LogP contribution in [0.5, 0.6) is 0 Å². The molecule has 0 spiro atoms. The molecule has 10 heavy (non-hydrogen) atoms. The number of hydrogen-bond acceptors (Lipinski definition) is 1. The highest BCUT2D eigenvalue weighted by Gasteiger charge is 1.81. The third kappa shape index (κ3) is 7.28. The first-order valence-electron chi connectivity index (χ1n) is 3.70. The van der Waals surface area contributed by atoms with E-state index in [0.717, 1.165) is 12.8 Å². The van der Waals surface area contributed by atoms with Gasteiger partial charge in [-0.3, -0.25) is 0 Å². The van der Waals surface area contributed by atoms with Gasteiger partial charge in [-0.15, -0.1) is 6.58 Å². The van der Waals surface area contributed by atoms with E-state index >= 15 is 0 Å². The fraction of sp³-hybridized carbons (Fsp3) is 0.556. The Labute approximate surface area is 63.4 Å². The van der Waals surface area contributed by atoms with Crippen molar-refractivity contribution in [2.45, 2.75) is 25.7 Å². The molecule has 0 rings (SSSR count). The summed E-state index contributed by atoms with van der Waals surface area (Å²) in [5, 5.41) is 0. The van der Waals surface area contributed by atoms with Crippen molar-refractivity contribution in [2.75, 3.05) is 7.11 Å². The Bertz CT molecular complexity index is 94.9. The van der Waals surface area contributed by atoms with Crippen LogP contribution in [0.2, 0.25) is 0 Å². The second kappa shape index (κ2) is 8.28. The van der Waals surface area contributed by atoms with Crippen molar-refractivity contribution in [3.8, 4) is 0 Å². The fourth-order valence-corrected chi connectivity index (χ4v) is 0.715. The third-order valence-corrected chi connectivity index (χ3v) is 1.26. The minimum Gasteiger partial charge on any atom is -0.505 e. The number of ether oxygens (including phenoxy) is 1. The lowest BCUT2D eigenvalue weighted by atomic mass is 10.2. The molecule has 1 nitrogen and oxygen atoms in total. The van der Waals surface area contributed by atoms with Gasteiger partial charge >= 0.3 is 0 Å². The van der Waals surface area contributed by atoms with Crippen LogP contribution in [-0.4, -0.2) is 7.11 Å². The average molecular weight is 140 g/mol. The molecule has 0 N–H and O–H groups in total. The summed E-state index contributed by atoms with van der Waals surface area (Å²) in [6.07, 6.45) is 10.4. The van der Waals surface area contributed by atoms with Crippen molar-refractivity contribution in [1.82, 2.24) is 0 Å². The summed E-state index contributed by atoms with van der Waals surface area (Å²) < 4.78 is 4.75. The monoisotopic (exact) mass is 140 g/mol. The van der Waals surface area contributed by atoms with Crippen molar-refractivity contribution in [3.05, 3.63) is 25.0 Å². The maximum absolute atomic E-state index is 4.75. The van der Waals surface area contributed by atoms with E-state index in [2.05, 4.69) is 6.58 Å². The van der Waals surface area contributed by atoms with Gasteiger partial charge < -0.3 is 4.74 Å². The third-order valence-electron chi connectivity index (χ3n) is 1.26. The Morgan fingerprint density at radius 3 is 2.60 bits per heavy atom. The number of allylic oxidation sites excluding steroid dienone is 2. The van der Waals surface area contributed by atoms with Crippen LogP contribution < -0.4 is 0 Å². The number of unbranched alkanes of at least 4 members (excludes halogenated alkanes) is 3. The normalized spacial score (nSPS) is 10.1. The van der Waals surface area contributed by atoms with Gasteiger partial charge in [0.25, 0.3) is 0 Å². The predicted molar refractivity (Wildman–Crippen MR) is 44.8 cm³/mol. The Balaban J connectivity index is 2.89. The van der Waals surface area contributed by atoms with Crippen LogP contribution in [0.15, 0.2) is 25.0 Å². The van der Waals surface area contributed by atoms with Gasteiger partial charge in [0, 0.05) is 0 Å². The van der Waals surface area contributed by atoms with Crippen molar-refractivity contribution in [2.24, 2.45) is 0 Å². The molecule has 0 aliphatic heterocycles. The van der Waals surface area contributed by atoms with Crippen molar-refractivity contribution in [1.29, 1.82) is 0 Å². The fourth-order valence-electron chi connectivity index (χ4n) is 0.715. The lowest BCUT2D eigenvalue weighted by Gasteiger charge is -1.91. The maximum atomic E-state index is 4.75. The molecule has 0 aromatic carbocycles. The zero-order valence-corrected chi connectivity index (χ0v) is 6.68. The molecular weight excluding hydrogens is 124 g/mol. The zero-order valence-electron chi connectivity index (χ0n) is 6.68. The lowest BCUT2D eigenvalue weighted by Crippen LogP contribution is -1.72. The van der Waals surface area contributed by atoms with Crippen LogP contribution in [0.1, 0.15) is 25.7 Å². The van der Waals surface area contributed by atoms with Gasteiger partial charge in [0.2, 0.25) is 0 Å². The number of methoxy groups -OCH3 is 1. The molecule has 0 aliphatic carbocycles. The summed E-state index contributed by atoms with van der Waals surface area (Å²) in [4.78, 5) is 0. The molecule has 0 radical (unpaired) electrons.